The van der Waals surface area contributed by atoms with Gasteiger partial charge in [0.25, 0.3) is 0 Å². The van der Waals surface area contributed by atoms with Gasteiger partial charge in [-0.2, -0.15) is 0 Å². The number of aromatic nitrogens is 1. The highest BCUT2D eigenvalue weighted by Gasteiger charge is 2.36. The van der Waals surface area contributed by atoms with Gasteiger partial charge in [0.1, 0.15) is 5.82 Å². The van der Waals surface area contributed by atoms with E-state index in [1.165, 1.54) is 12.1 Å². The molecule has 0 spiro atoms. The molecule has 5 heteroatoms. The monoisotopic (exact) mass is 344 g/mol. The molecule has 1 saturated heterocycles. The number of halogens is 1. The van der Waals surface area contributed by atoms with Crippen molar-refractivity contribution in [3.8, 4) is 5.88 Å². The molecule has 1 aromatic carbocycles. The fourth-order valence-electron chi connectivity index (χ4n) is 3.52. The summed E-state index contributed by atoms with van der Waals surface area (Å²) in [5, 5.41) is 3.54. The summed E-state index contributed by atoms with van der Waals surface area (Å²) in [6, 6.07) is 8.84. The minimum atomic E-state index is -0.211. The van der Waals surface area contributed by atoms with Gasteiger partial charge in [-0.1, -0.05) is 12.1 Å². The van der Waals surface area contributed by atoms with Crippen LogP contribution in [0.25, 0.3) is 0 Å². The molecule has 134 valence electrons. The summed E-state index contributed by atoms with van der Waals surface area (Å²) in [6.45, 7) is 6.84. The van der Waals surface area contributed by atoms with Gasteiger partial charge in [0.05, 0.1) is 13.7 Å². The Morgan fingerprint density at radius 2 is 2.04 bits per heavy atom. The van der Waals surface area contributed by atoms with Crippen molar-refractivity contribution in [1.29, 1.82) is 0 Å². The Kier molecular flexibility index (Phi) is 5.35. The molecule has 1 atom stereocenters. The summed E-state index contributed by atoms with van der Waals surface area (Å²) in [5.41, 5.74) is 4.18. The molecule has 0 bridgehead atoms. The van der Waals surface area contributed by atoms with Crippen molar-refractivity contribution >= 4 is 0 Å². The lowest BCUT2D eigenvalue weighted by atomic mass is 9.79. The molecule has 0 radical (unpaired) electrons. The second-order valence-corrected chi connectivity index (χ2v) is 6.76. The maximum atomic E-state index is 13.3. The molecule has 0 aliphatic carbocycles. The van der Waals surface area contributed by atoms with Crippen LogP contribution in [-0.2, 0) is 16.7 Å². The number of ether oxygens (including phenoxy) is 2. The molecule has 2 aromatic rings. The topological polar surface area (TPSA) is 43.4 Å². The average Bonchev–Trinajstić information content (AvgIpc) is 3.07. The van der Waals surface area contributed by atoms with Gasteiger partial charge in [0.15, 0.2) is 0 Å². The van der Waals surface area contributed by atoms with Crippen LogP contribution in [0.4, 0.5) is 4.39 Å². The van der Waals surface area contributed by atoms with Gasteiger partial charge < -0.3 is 14.8 Å². The third-order valence-electron chi connectivity index (χ3n) is 4.96. The van der Waals surface area contributed by atoms with Crippen molar-refractivity contribution in [3.05, 3.63) is 58.5 Å². The highest BCUT2D eigenvalue weighted by atomic mass is 19.1. The number of pyridine rings is 1. The number of nitrogens with one attached hydrogen (secondary N) is 1. The van der Waals surface area contributed by atoms with E-state index in [1.54, 1.807) is 7.11 Å². The van der Waals surface area contributed by atoms with Crippen LogP contribution >= 0.6 is 0 Å². The van der Waals surface area contributed by atoms with Gasteiger partial charge in [0, 0.05) is 36.4 Å². The number of hydrogen-bond donors (Lipinski definition) is 1. The predicted molar refractivity (Wildman–Crippen MR) is 95.5 cm³/mol. The van der Waals surface area contributed by atoms with E-state index in [0.29, 0.717) is 19.0 Å². The lowest BCUT2D eigenvalue weighted by Gasteiger charge is -2.29. The summed E-state index contributed by atoms with van der Waals surface area (Å²) in [6.07, 6.45) is 0.925. The van der Waals surface area contributed by atoms with Gasteiger partial charge in [-0.05, 0) is 49.6 Å². The van der Waals surface area contributed by atoms with E-state index in [0.717, 1.165) is 42.0 Å². The molecule has 1 aliphatic rings. The quantitative estimate of drug-likeness (QED) is 0.873. The zero-order chi connectivity index (χ0) is 17.9. The molecule has 1 aliphatic heterocycles. The Labute approximate surface area is 148 Å². The highest BCUT2D eigenvalue weighted by molar-refractivity contribution is 5.36. The number of methoxy groups -OCH3 is 1. The Morgan fingerprint density at radius 3 is 2.68 bits per heavy atom. The minimum absolute atomic E-state index is 0.118. The number of hydrogen-bond acceptors (Lipinski definition) is 4. The average molecular weight is 344 g/mol. The van der Waals surface area contributed by atoms with E-state index >= 15 is 0 Å². The van der Waals surface area contributed by atoms with Crippen LogP contribution in [0.2, 0.25) is 0 Å². The Bertz CT molecular complexity index is 725. The third-order valence-corrected chi connectivity index (χ3v) is 4.96. The molecule has 0 amide bonds. The fraction of sp³-hybridized carbons (Fsp3) is 0.450. The first-order valence-electron chi connectivity index (χ1n) is 8.60. The van der Waals surface area contributed by atoms with Crippen molar-refractivity contribution < 1.29 is 13.9 Å². The Morgan fingerprint density at radius 1 is 1.28 bits per heavy atom. The van der Waals surface area contributed by atoms with E-state index in [4.69, 9.17) is 9.47 Å². The van der Waals surface area contributed by atoms with Crippen LogP contribution in [0.15, 0.2) is 30.3 Å². The van der Waals surface area contributed by atoms with Gasteiger partial charge >= 0.3 is 0 Å². The molecule has 0 saturated carbocycles. The molecule has 4 nitrogen and oxygen atoms in total. The van der Waals surface area contributed by atoms with Crippen molar-refractivity contribution in [1.82, 2.24) is 10.3 Å². The lowest BCUT2D eigenvalue weighted by molar-refractivity contribution is 0.176. The van der Waals surface area contributed by atoms with Crippen molar-refractivity contribution in [2.24, 2.45) is 0 Å². The van der Waals surface area contributed by atoms with E-state index in [1.807, 2.05) is 19.1 Å². The summed E-state index contributed by atoms with van der Waals surface area (Å²) in [5.74, 6) is 0.459. The number of aryl methyl sites for hydroxylation is 2. The number of rotatable bonds is 6. The van der Waals surface area contributed by atoms with Crippen LogP contribution in [-0.4, -0.2) is 31.9 Å². The van der Waals surface area contributed by atoms with Gasteiger partial charge in [-0.15, -0.1) is 0 Å². The van der Waals surface area contributed by atoms with Crippen LogP contribution in [0.3, 0.4) is 0 Å². The summed E-state index contributed by atoms with van der Waals surface area (Å²) in [4.78, 5) is 4.46. The first-order valence-corrected chi connectivity index (χ1v) is 8.60. The first kappa shape index (κ1) is 17.8. The van der Waals surface area contributed by atoms with Crippen molar-refractivity contribution in [2.75, 3.05) is 26.9 Å². The Balaban J connectivity index is 1.74. The van der Waals surface area contributed by atoms with Gasteiger partial charge in [-0.25, -0.2) is 9.37 Å². The molecular weight excluding hydrogens is 319 g/mol. The number of benzene rings is 1. The van der Waals surface area contributed by atoms with Crippen LogP contribution in [0, 0.1) is 19.7 Å². The van der Waals surface area contributed by atoms with Crippen molar-refractivity contribution in [3.63, 3.8) is 0 Å². The van der Waals surface area contributed by atoms with Crippen molar-refractivity contribution in [2.45, 2.75) is 32.2 Å². The Hall–Kier alpha value is -1.98. The largest absolute Gasteiger partial charge is 0.481 e. The highest BCUT2D eigenvalue weighted by Crippen LogP contribution is 2.33. The second-order valence-electron chi connectivity index (χ2n) is 6.76. The third kappa shape index (κ3) is 3.83. The van der Waals surface area contributed by atoms with E-state index in [2.05, 4.69) is 23.3 Å². The summed E-state index contributed by atoms with van der Waals surface area (Å²) < 4.78 is 24.4. The zero-order valence-electron chi connectivity index (χ0n) is 15.1. The van der Waals surface area contributed by atoms with Gasteiger partial charge in [-0.3, -0.25) is 0 Å². The molecular formula is C20H25FN2O2. The summed E-state index contributed by atoms with van der Waals surface area (Å²) >= 11 is 0. The SMILES string of the molecule is COc1nc(C)cc(C)c1CNC[C@]1(c2ccc(F)cc2)CCOC1. The standard InChI is InChI=1S/C20H25FN2O2/c1-14-10-15(2)23-19(24-3)18(14)11-22-12-20(8-9-25-13-20)16-4-6-17(21)7-5-16/h4-7,10,22H,8-9,11-13H2,1-3H3/t20-/m1/s1. The number of nitrogens with zero attached hydrogens (tertiary/aromatic N) is 1. The maximum Gasteiger partial charge on any atom is 0.218 e. The predicted octanol–water partition coefficient (Wildman–Crippen LogP) is 3.29. The molecule has 25 heavy (non-hydrogen) atoms. The van der Waals surface area contributed by atoms with Crippen LogP contribution in [0.5, 0.6) is 5.88 Å². The first-order chi connectivity index (χ1) is 12.0. The van der Waals surface area contributed by atoms with Gasteiger partial charge in [0.2, 0.25) is 5.88 Å². The van der Waals surface area contributed by atoms with E-state index < -0.39 is 0 Å². The second kappa shape index (κ2) is 7.50. The molecule has 3 rings (SSSR count). The fourth-order valence-corrected chi connectivity index (χ4v) is 3.52. The van der Waals surface area contributed by atoms with Crippen LogP contribution in [0.1, 0.15) is 28.8 Å². The zero-order valence-corrected chi connectivity index (χ0v) is 15.1. The molecule has 2 heterocycles. The maximum absolute atomic E-state index is 13.3. The normalized spacial score (nSPS) is 20.0. The molecule has 1 N–H and O–H groups in total. The summed E-state index contributed by atoms with van der Waals surface area (Å²) in [7, 11) is 1.65. The lowest BCUT2D eigenvalue weighted by Crippen LogP contribution is -2.38. The smallest absolute Gasteiger partial charge is 0.218 e. The van der Waals surface area contributed by atoms with E-state index in [9.17, 15) is 4.39 Å². The molecule has 0 unspecified atom stereocenters. The van der Waals surface area contributed by atoms with Crippen LogP contribution < -0.4 is 10.1 Å². The van der Waals surface area contributed by atoms with E-state index in [-0.39, 0.29) is 11.2 Å². The molecule has 1 fully saturated rings. The molecule has 1 aromatic heterocycles. The minimum Gasteiger partial charge on any atom is -0.481 e.